The summed E-state index contributed by atoms with van der Waals surface area (Å²) in [6, 6.07) is 1.65. The number of carbonyl (C=O) groups excluding carboxylic acids is 1. The Balaban J connectivity index is 2.20. The Morgan fingerprint density at radius 3 is 2.88 bits per heavy atom. The number of hydrogen-bond acceptors (Lipinski definition) is 4. The Morgan fingerprint density at radius 1 is 1.62 bits per heavy atom. The van der Waals surface area contributed by atoms with Gasteiger partial charge in [0.1, 0.15) is 12.0 Å². The van der Waals surface area contributed by atoms with Crippen molar-refractivity contribution in [2.24, 2.45) is 7.05 Å². The third kappa shape index (κ3) is 1.77. The molecule has 2 aromatic rings. The van der Waals surface area contributed by atoms with Crippen LogP contribution in [0.4, 0.5) is 11.5 Å². The average molecular weight is 220 g/mol. The molecule has 16 heavy (non-hydrogen) atoms. The molecule has 1 amide bonds. The van der Waals surface area contributed by atoms with Gasteiger partial charge in [0.2, 0.25) is 0 Å². The van der Waals surface area contributed by atoms with Crippen molar-refractivity contribution in [3.8, 4) is 0 Å². The van der Waals surface area contributed by atoms with Crippen molar-refractivity contribution in [1.82, 2.24) is 9.78 Å². The lowest BCUT2D eigenvalue weighted by molar-refractivity contribution is 0.102. The van der Waals surface area contributed by atoms with Gasteiger partial charge in [-0.2, -0.15) is 5.10 Å². The molecule has 6 nitrogen and oxygen atoms in total. The van der Waals surface area contributed by atoms with E-state index >= 15 is 0 Å². The van der Waals surface area contributed by atoms with Crippen LogP contribution in [0.2, 0.25) is 0 Å². The Kier molecular flexibility index (Phi) is 2.40. The van der Waals surface area contributed by atoms with Crippen molar-refractivity contribution < 1.29 is 9.21 Å². The van der Waals surface area contributed by atoms with Gasteiger partial charge < -0.3 is 15.5 Å². The molecule has 0 atom stereocenters. The molecule has 84 valence electrons. The lowest BCUT2D eigenvalue weighted by Crippen LogP contribution is -2.14. The van der Waals surface area contributed by atoms with Crippen molar-refractivity contribution >= 4 is 17.4 Å². The van der Waals surface area contributed by atoms with Crippen molar-refractivity contribution in [2.45, 2.75) is 6.92 Å². The van der Waals surface area contributed by atoms with Crippen molar-refractivity contribution in [3.63, 3.8) is 0 Å². The molecule has 0 aliphatic heterocycles. The SMILES string of the molecule is Cc1cc(C(=O)Nc2c(N)cnn2C)co1. The van der Waals surface area contributed by atoms with Gasteiger partial charge in [-0.15, -0.1) is 0 Å². The Bertz CT molecular complexity index is 507. The molecule has 0 fully saturated rings. The summed E-state index contributed by atoms with van der Waals surface area (Å²) in [5, 5.41) is 6.59. The minimum atomic E-state index is -0.271. The van der Waals surface area contributed by atoms with E-state index in [9.17, 15) is 4.79 Å². The van der Waals surface area contributed by atoms with E-state index in [1.807, 2.05) is 0 Å². The van der Waals surface area contributed by atoms with Gasteiger partial charge in [0.15, 0.2) is 5.82 Å². The molecule has 3 N–H and O–H groups in total. The first kappa shape index (κ1) is 10.3. The molecule has 0 saturated carbocycles. The number of carbonyl (C=O) groups is 1. The molecule has 2 heterocycles. The minimum Gasteiger partial charge on any atom is -0.469 e. The smallest absolute Gasteiger partial charge is 0.260 e. The Labute approximate surface area is 92.0 Å². The second-order valence-electron chi connectivity index (χ2n) is 3.47. The number of rotatable bonds is 2. The van der Waals surface area contributed by atoms with Crippen LogP contribution in [0.15, 0.2) is 22.9 Å². The molecule has 0 bridgehead atoms. The predicted molar refractivity (Wildman–Crippen MR) is 59.0 cm³/mol. The Morgan fingerprint density at radius 2 is 2.38 bits per heavy atom. The molecule has 2 aromatic heterocycles. The number of furan rings is 1. The van der Waals surface area contributed by atoms with Gasteiger partial charge in [0, 0.05) is 7.05 Å². The monoisotopic (exact) mass is 220 g/mol. The van der Waals surface area contributed by atoms with Crippen LogP contribution in [0.5, 0.6) is 0 Å². The zero-order valence-electron chi connectivity index (χ0n) is 9.02. The highest BCUT2D eigenvalue weighted by molar-refractivity contribution is 6.04. The summed E-state index contributed by atoms with van der Waals surface area (Å²) < 4.78 is 6.55. The first-order valence-corrected chi connectivity index (χ1v) is 4.72. The van der Waals surface area contributed by atoms with E-state index < -0.39 is 0 Å². The number of aryl methyl sites for hydroxylation is 2. The van der Waals surface area contributed by atoms with Crippen LogP contribution in [0, 0.1) is 6.92 Å². The number of amides is 1. The van der Waals surface area contributed by atoms with Crippen LogP contribution in [-0.4, -0.2) is 15.7 Å². The number of aromatic nitrogens is 2. The molecule has 6 heteroatoms. The van der Waals surface area contributed by atoms with Crippen LogP contribution in [-0.2, 0) is 7.05 Å². The molecule has 0 spiro atoms. The predicted octanol–water partition coefficient (Wildman–Crippen LogP) is 1.16. The maximum absolute atomic E-state index is 11.8. The summed E-state index contributed by atoms with van der Waals surface area (Å²) in [6.07, 6.45) is 2.88. The summed E-state index contributed by atoms with van der Waals surface area (Å²) in [5.74, 6) is 0.888. The van der Waals surface area contributed by atoms with Crippen LogP contribution in [0.25, 0.3) is 0 Å². The minimum absolute atomic E-state index is 0.271. The molecular weight excluding hydrogens is 208 g/mol. The highest BCUT2D eigenvalue weighted by atomic mass is 16.3. The zero-order valence-corrected chi connectivity index (χ0v) is 9.02. The first-order chi connectivity index (χ1) is 7.58. The highest BCUT2D eigenvalue weighted by Crippen LogP contribution is 2.17. The third-order valence-corrected chi connectivity index (χ3v) is 2.19. The van der Waals surface area contributed by atoms with Gasteiger partial charge in [-0.1, -0.05) is 0 Å². The van der Waals surface area contributed by atoms with Crippen LogP contribution in [0.1, 0.15) is 16.1 Å². The number of nitrogen functional groups attached to an aromatic ring is 1. The van der Waals surface area contributed by atoms with Crippen molar-refractivity contribution in [2.75, 3.05) is 11.1 Å². The lowest BCUT2D eigenvalue weighted by Gasteiger charge is -2.04. The molecule has 0 aromatic carbocycles. The summed E-state index contributed by atoms with van der Waals surface area (Å²) in [5.41, 5.74) is 6.53. The van der Waals surface area contributed by atoms with Gasteiger partial charge in [0.05, 0.1) is 17.4 Å². The number of nitrogens with two attached hydrogens (primary N) is 1. The van der Waals surface area contributed by atoms with Crippen molar-refractivity contribution in [3.05, 3.63) is 29.9 Å². The van der Waals surface area contributed by atoms with Gasteiger partial charge >= 0.3 is 0 Å². The second kappa shape index (κ2) is 3.73. The van der Waals surface area contributed by atoms with E-state index in [0.29, 0.717) is 22.8 Å². The number of nitrogens with zero attached hydrogens (tertiary/aromatic N) is 2. The van der Waals surface area contributed by atoms with E-state index in [-0.39, 0.29) is 5.91 Å². The Hall–Kier alpha value is -2.24. The van der Waals surface area contributed by atoms with E-state index in [1.165, 1.54) is 17.1 Å². The number of anilines is 2. The van der Waals surface area contributed by atoms with Crippen LogP contribution >= 0.6 is 0 Å². The molecule has 0 unspecified atom stereocenters. The standard InChI is InChI=1S/C10H12N4O2/c1-6-3-7(5-16-6)10(15)13-9-8(11)4-12-14(9)2/h3-5H,11H2,1-2H3,(H,13,15). The number of nitrogens with one attached hydrogen (secondary N) is 1. The highest BCUT2D eigenvalue weighted by Gasteiger charge is 2.13. The quantitative estimate of drug-likeness (QED) is 0.795. The van der Waals surface area contributed by atoms with Gasteiger partial charge in [-0.3, -0.25) is 9.48 Å². The summed E-state index contributed by atoms with van der Waals surface area (Å²) in [7, 11) is 1.70. The largest absolute Gasteiger partial charge is 0.469 e. The normalized spacial score (nSPS) is 10.4. The van der Waals surface area contributed by atoms with E-state index in [0.717, 1.165) is 0 Å². The van der Waals surface area contributed by atoms with Crippen LogP contribution < -0.4 is 11.1 Å². The van der Waals surface area contributed by atoms with Crippen LogP contribution in [0.3, 0.4) is 0 Å². The zero-order chi connectivity index (χ0) is 11.7. The maximum atomic E-state index is 11.8. The molecule has 0 saturated heterocycles. The van der Waals surface area contributed by atoms with Gasteiger partial charge in [0.25, 0.3) is 5.91 Å². The van der Waals surface area contributed by atoms with Crippen molar-refractivity contribution in [1.29, 1.82) is 0 Å². The summed E-state index contributed by atoms with van der Waals surface area (Å²) in [6.45, 7) is 1.77. The number of hydrogen-bond donors (Lipinski definition) is 2. The molecule has 0 radical (unpaired) electrons. The molecule has 0 aliphatic rings. The summed E-state index contributed by atoms with van der Waals surface area (Å²) >= 11 is 0. The topological polar surface area (TPSA) is 86.1 Å². The van der Waals surface area contributed by atoms with E-state index in [1.54, 1.807) is 20.0 Å². The summed E-state index contributed by atoms with van der Waals surface area (Å²) in [4.78, 5) is 11.8. The fraction of sp³-hybridized carbons (Fsp3) is 0.200. The first-order valence-electron chi connectivity index (χ1n) is 4.72. The third-order valence-electron chi connectivity index (χ3n) is 2.19. The van der Waals surface area contributed by atoms with Gasteiger partial charge in [-0.05, 0) is 13.0 Å². The lowest BCUT2D eigenvalue weighted by atomic mass is 10.3. The molecular formula is C10H12N4O2. The van der Waals surface area contributed by atoms with E-state index in [4.69, 9.17) is 10.2 Å². The average Bonchev–Trinajstić information content (AvgIpc) is 2.79. The maximum Gasteiger partial charge on any atom is 0.260 e. The van der Waals surface area contributed by atoms with E-state index in [2.05, 4.69) is 10.4 Å². The second-order valence-corrected chi connectivity index (χ2v) is 3.47. The fourth-order valence-corrected chi connectivity index (χ4v) is 1.35. The van der Waals surface area contributed by atoms with Gasteiger partial charge in [-0.25, -0.2) is 0 Å². The molecule has 0 aliphatic carbocycles. The molecule has 2 rings (SSSR count). The fourth-order valence-electron chi connectivity index (χ4n) is 1.35.